The molecular weight excluding hydrogens is 276 g/mol. The number of hydrogen-bond acceptors (Lipinski definition) is 3. The fourth-order valence-electron chi connectivity index (χ4n) is 2.31. The number of aliphatic carboxylic acids is 1. The lowest BCUT2D eigenvalue weighted by Gasteiger charge is -2.33. The maximum atomic E-state index is 11.8. The van der Waals surface area contributed by atoms with Gasteiger partial charge in [-0.3, -0.25) is 0 Å². The van der Waals surface area contributed by atoms with E-state index in [-0.39, 0.29) is 19.1 Å². The molecule has 4 amide bonds. The molecule has 21 heavy (non-hydrogen) atoms. The van der Waals surface area contributed by atoms with Crippen molar-refractivity contribution in [2.75, 3.05) is 27.2 Å². The van der Waals surface area contributed by atoms with Gasteiger partial charge in [0.25, 0.3) is 0 Å². The Morgan fingerprint density at radius 1 is 1.05 bits per heavy atom. The highest BCUT2D eigenvalue weighted by atomic mass is 16.4. The van der Waals surface area contributed by atoms with Gasteiger partial charge in [-0.05, 0) is 12.8 Å². The monoisotopic (exact) mass is 300 g/mol. The average Bonchev–Trinajstić information content (AvgIpc) is 2.44. The van der Waals surface area contributed by atoms with Crippen molar-refractivity contribution >= 4 is 18.0 Å². The van der Waals surface area contributed by atoms with Crippen LogP contribution >= 0.6 is 0 Å². The number of nitrogens with zero attached hydrogens (tertiary/aromatic N) is 1. The lowest BCUT2D eigenvalue weighted by molar-refractivity contribution is -0.145. The van der Waals surface area contributed by atoms with Gasteiger partial charge in [0.1, 0.15) is 5.54 Å². The van der Waals surface area contributed by atoms with Crippen LogP contribution in [0.1, 0.15) is 32.1 Å². The normalized spacial score (nSPS) is 16.7. The smallest absolute Gasteiger partial charge is 0.329 e. The number of carbonyl (C=O) groups excluding carboxylic acids is 2. The van der Waals surface area contributed by atoms with Crippen molar-refractivity contribution in [3.63, 3.8) is 0 Å². The van der Waals surface area contributed by atoms with Crippen LogP contribution in [0, 0.1) is 0 Å². The third-order valence-corrected chi connectivity index (χ3v) is 3.56. The van der Waals surface area contributed by atoms with Crippen LogP contribution < -0.4 is 16.0 Å². The molecule has 0 unspecified atom stereocenters. The Hall–Kier alpha value is -1.99. The van der Waals surface area contributed by atoms with Crippen LogP contribution in [-0.4, -0.2) is 60.8 Å². The van der Waals surface area contributed by atoms with Crippen LogP contribution in [0.5, 0.6) is 0 Å². The second-order valence-electron chi connectivity index (χ2n) is 5.46. The molecule has 1 rings (SSSR count). The first-order valence-electron chi connectivity index (χ1n) is 7.12. The summed E-state index contributed by atoms with van der Waals surface area (Å²) < 4.78 is 0. The van der Waals surface area contributed by atoms with Crippen molar-refractivity contribution in [3.8, 4) is 0 Å². The molecule has 0 atom stereocenters. The summed E-state index contributed by atoms with van der Waals surface area (Å²) in [7, 11) is 3.24. The molecule has 0 aromatic rings. The second kappa shape index (κ2) is 7.70. The van der Waals surface area contributed by atoms with E-state index in [2.05, 4.69) is 16.0 Å². The van der Waals surface area contributed by atoms with Gasteiger partial charge in [0.15, 0.2) is 0 Å². The molecule has 0 saturated heterocycles. The van der Waals surface area contributed by atoms with Crippen molar-refractivity contribution in [1.29, 1.82) is 0 Å². The molecule has 1 fully saturated rings. The molecule has 8 heteroatoms. The summed E-state index contributed by atoms with van der Waals surface area (Å²) in [5.74, 6) is -0.988. The Labute approximate surface area is 124 Å². The van der Waals surface area contributed by atoms with E-state index in [0.717, 1.165) is 19.3 Å². The zero-order chi connectivity index (χ0) is 15.9. The van der Waals surface area contributed by atoms with Gasteiger partial charge in [0, 0.05) is 27.2 Å². The summed E-state index contributed by atoms with van der Waals surface area (Å²) in [4.78, 5) is 35.8. The van der Waals surface area contributed by atoms with Gasteiger partial charge < -0.3 is 26.0 Å². The summed E-state index contributed by atoms with van der Waals surface area (Å²) in [6, 6.07) is -0.759. The summed E-state index contributed by atoms with van der Waals surface area (Å²) in [5.41, 5.74) is -1.16. The van der Waals surface area contributed by atoms with Crippen molar-refractivity contribution in [2.45, 2.75) is 37.6 Å². The summed E-state index contributed by atoms with van der Waals surface area (Å²) in [5, 5.41) is 17.1. The third-order valence-electron chi connectivity index (χ3n) is 3.56. The molecule has 4 N–H and O–H groups in total. The first-order valence-corrected chi connectivity index (χ1v) is 7.12. The van der Waals surface area contributed by atoms with Gasteiger partial charge in [0.05, 0.1) is 0 Å². The fourth-order valence-corrected chi connectivity index (χ4v) is 2.31. The van der Waals surface area contributed by atoms with Crippen molar-refractivity contribution in [2.24, 2.45) is 0 Å². The molecule has 1 aliphatic rings. The van der Waals surface area contributed by atoms with Crippen molar-refractivity contribution in [1.82, 2.24) is 20.9 Å². The molecule has 0 aromatic heterocycles. The van der Waals surface area contributed by atoms with Crippen LogP contribution in [0.4, 0.5) is 9.59 Å². The molecule has 1 saturated carbocycles. The van der Waals surface area contributed by atoms with Crippen LogP contribution in [0.3, 0.4) is 0 Å². The van der Waals surface area contributed by atoms with Crippen LogP contribution in [0.2, 0.25) is 0 Å². The second-order valence-corrected chi connectivity index (χ2v) is 5.46. The van der Waals surface area contributed by atoms with E-state index in [1.54, 1.807) is 14.1 Å². The largest absolute Gasteiger partial charge is 0.480 e. The summed E-state index contributed by atoms with van der Waals surface area (Å²) in [6.07, 6.45) is 3.49. The van der Waals surface area contributed by atoms with E-state index >= 15 is 0 Å². The minimum Gasteiger partial charge on any atom is -0.480 e. The SMILES string of the molecule is CN(C)C(=O)NCCNC(=O)NC1(C(=O)O)CCCCC1. The van der Waals surface area contributed by atoms with Gasteiger partial charge in [-0.2, -0.15) is 0 Å². The number of carboxylic acids is 1. The van der Waals surface area contributed by atoms with E-state index in [1.807, 2.05) is 0 Å². The molecule has 0 bridgehead atoms. The molecule has 0 radical (unpaired) electrons. The Morgan fingerprint density at radius 2 is 1.62 bits per heavy atom. The molecule has 0 heterocycles. The van der Waals surface area contributed by atoms with Gasteiger partial charge in [-0.25, -0.2) is 14.4 Å². The highest BCUT2D eigenvalue weighted by Gasteiger charge is 2.40. The first-order chi connectivity index (χ1) is 9.87. The Bertz CT molecular complexity index is 392. The number of hydrogen-bond donors (Lipinski definition) is 4. The van der Waals surface area contributed by atoms with E-state index in [9.17, 15) is 19.5 Å². The number of amides is 4. The van der Waals surface area contributed by atoms with Crippen molar-refractivity contribution in [3.05, 3.63) is 0 Å². The average molecular weight is 300 g/mol. The lowest BCUT2D eigenvalue weighted by atomic mass is 9.82. The minimum atomic E-state index is -1.16. The predicted octanol–water partition coefficient (Wildman–Crippen LogP) is 0.344. The number of nitrogens with one attached hydrogen (secondary N) is 3. The molecule has 8 nitrogen and oxygen atoms in total. The Morgan fingerprint density at radius 3 is 2.14 bits per heavy atom. The summed E-state index contributed by atoms with van der Waals surface area (Å²) >= 11 is 0. The number of carboxylic acid groups (broad SMARTS) is 1. The Balaban J connectivity index is 2.35. The maximum absolute atomic E-state index is 11.8. The highest BCUT2D eigenvalue weighted by Crippen LogP contribution is 2.28. The lowest BCUT2D eigenvalue weighted by Crippen LogP contribution is -2.58. The Kier molecular flexibility index (Phi) is 6.26. The highest BCUT2D eigenvalue weighted by molar-refractivity contribution is 5.86. The molecule has 120 valence electrons. The van der Waals surface area contributed by atoms with Crippen LogP contribution in [0.25, 0.3) is 0 Å². The number of rotatable bonds is 5. The number of urea groups is 2. The molecule has 0 aliphatic heterocycles. The van der Waals surface area contributed by atoms with Gasteiger partial charge in [-0.1, -0.05) is 19.3 Å². The van der Waals surface area contributed by atoms with E-state index in [1.165, 1.54) is 4.90 Å². The third kappa shape index (κ3) is 5.13. The number of carbonyl (C=O) groups is 3. The molecular formula is C13H24N4O4. The standard InChI is InChI=1S/C13H24N4O4/c1-17(2)12(21)15-9-8-14-11(20)16-13(10(18)19)6-4-3-5-7-13/h3-9H2,1-2H3,(H,15,21)(H,18,19)(H2,14,16,20). The quantitative estimate of drug-likeness (QED) is 0.549. The van der Waals surface area contributed by atoms with Gasteiger partial charge >= 0.3 is 18.0 Å². The van der Waals surface area contributed by atoms with Crippen LogP contribution in [0.15, 0.2) is 0 Å². The molecule has 1 aliphatic carbocycles. The fraction of sp³-hybridized carbons (Fsp3) is 0.769. The van der Waals surface area contributed by atoms with Gasteiger partial charge in [0.2, 0.25) is 0 Å². The van der Waals surface area contributed by atoms with Gasteiger partial charge in [-0.15, -0.1) is 0 Å². The zero-order valence-corrected chi connectivity index (χ0v) is 12.6. The van der Waals surface area contributed by atoms with E-state index in [0.29, 0.717) is 12.8 Å². The first kappa shape index (κ1) is 17.1. The molecule has 0 spiro atoms. The maximum Gasteiger partial charge on any atom is 0.329 e. The van der Waals surface area contributed by atoms with Crippen molar-refractivity contribution < 1.29 is 19.5 Å². The van der Waals surface area contributed by atoms with E-state index < -0.39 is 17.5 Å². The predicted molar refractivity (Wildman–Crippen MR) is 77.1 cm³/mol. The molecule has 0 aromatic carbocycles. The van der Waals surface area contributed by atoms with E-state index in [4.69, 9.17) is 0 Å². The zero-order valence-electron chi connectivity index (χ0n) is 12.6. The summed E-state index contributed by atoms with van der Waals surface area (Å²) in [6.45, 7) is 0.519. The topological polar surface area (TPSA) is 111 Å². The minimum absolute atomic E-state index is 0.237. The van der Waals surface area contributed by atoms with Crippen LogP contribution in [-0.2, 0) is 4.79 Å².